The number of hydrogen-bond donors (Lipinski definition) is 1. The molecular weight excluding hydrogens is 210 g/mol. The van der Waals surface area contributed by atoms with Gasteiger partial charge in [0.05, 0.1) is 11.7 Å². The lowest BCUT2D eigenvalue weighted by Gasteiger charge is -2.17. The predicted octanol–water partition coefficient (Wildman–Crippen LogP) is 2.48. The zero-order valence-electron chi connectivity index (χ0n) is 10.2. The van der Waals surface area contributed by atoms with E-state index in [2.05, 4.69) is 28.3 Å². The van der Waals surface area contributed by atoms with Crippen molar-refractivity contribution in [3.05, 3.63) is 59.7 Å². The topological polar surface area (TPSA) is 37.8 Å². The number of aryl methyl sites for hydroxylation is 1. The Morgan fingerprint density at radius 2 is 2.06 bits per heavy atom. The van der Waals surface area contributed by atoms with Gasteiger partial charge in [-0.05, 0) is 37.2 Å². The van der Waals surface area contributed by atoms with Crippen LogP contribution in [0.3, 0.4) is 0 Å². The van der Waals surface area contributed by atoms with Gasteiger partial charge >= 0.3 is 0 Å². The Morgan fingerprint density at radius 3 is 2.65 bits per heavy atom. The first-order valence-corrected chi connectivity index (χ1v) is 5.88. The van der Waals surface area contributed by atoms with Crippen LogP contribution in [0.25, 0.3) is 0 Å². The molecule has 1 N–H and O–H groups in total. The molecule has 0 amide bonds. The second-order valence-corrected chi connectivity index (χ2v) is 3.98. The third-order valence-electron chi connectivity index (χ3n) is 2.66. The summed E-state index contributed by atoms with van der Waals surface area (Å²) in [6.45, 7) is 4.99. The van der Waals surface area contributed by atoms with Gasteiger partial charge in [-0.2, -0.15) is 0 Å². The maximum Gasteiger partial charge on any atom is 0.0766 e. The third kappa shape index (κ3) is 2.88. The zero-order valence-corrected chi connectivity index (χ0v) is 10.2. The van der Waals surface area contributed by atoms with Gasteiger partial charge in [-0.15, -0.1) is 0 Å². The van der Waals surface area contributed by atoms with Gasteiger partial charge in [0, 0.05) is 18.1 Å². The fourth-order valence-electron chi connectivity index (χ4n) is 1.79. The molecule has 2 rings (SSSR count). The quantitative estimate of drug-likeness (QED) is 0.872. The van der Waals surface area contributed by atoms with E-state index in [4.69, 9.17) is 0 Å². The molecular formula is C14H17N3. The molecule has 88 valence electrons. The summed E-state index contributed by atoms with van der Waals surface area (Å²) in [5, 5.41) is 3.43. The van der Waals surface area contributed by atoms with Crippen LogP contribution in [0, 0.1) is 6.92 Å². The standard InChI is InChI=1S/C14H17N3/c1-3-15-14(13-6-4-5-9-16-13)12-8-7-11(2)17-10-12/h4-10,14-15H,3H2,1-2H3. The molecule has 0 radical (unpaired) electrons. The summed E-state index contributed by atoms with van der Waals surface area (Å²) in [6.07, 6.45) is 3.73. The van der Waals surface area contributed by atoms with Crippen molar-refractivity contribution in [1.82, 2.24) is 15.3 Å². The third-order valence-corrected chi connectivity index (χ3v) is 2.66. The van der Waals surface area contributed by atoms with Crippen LogP contribution < -0.4 is 5.32 Å². The van der Waals surface area contributed by atoms with Crippen molar-refractivity contribution in [2.24, 2.45) is 0 Å². The molecule has 0 spiro atoms. The van der Waals surface area contributed by atoms with E-state index in [1.165, 1.54) is 0 Å². The van der Waals surface area contributed by atoms with E-state index in [-0.39, 0.29) is 6.04 Å². The lowest BCUT2D eigenvalue weighted by atomic mass is 10.0. The molecule has 3 heteroatoms. The molecule has 3 nitrogen and oxygen atoms in total. The highest BCUT2D eigenvalue weighted by Gasteiger charge is 2.13. The molecule has 0 fully saturated rings. The fourth-order valence-corrected chi connectivity index (χ4v) is 1.79. The monoisotopic (exact) mass is 227 g/mol. The second kappa shape index (κ2) is 5.55. The minimum absolute atomic E-state index is 0.120. The van der Waals surface area contributed by atoms with Crippen LogP contribution in [-0.2, 0) is 0 Å². The smallest absolute Gasteiger partial charge is 0.0766 e. The average molecular weight is 227 g/mol. The van der Waals surface area contributed by atoms with Crippen LogP contribution in [-0.4, -0.2) is 16.5 Å². The lowest BCUT2D eigenvalue weighted by Crippen LogP contribution is -2.23. The summed E-state index contributed by atoms with van der Waals surface area (Å²) in [7, 11) is 0. The highest BCUT2D eigenvalue weighted by molar-refractivity contribution is 5.26. The van der Waals surface area contributed by atoms with Crippen molar-refractivity contribution >= 4 is 0 Å². The molecule has 2 heterocycles. The number of hydrogen-bond acceptors (Lipinski definition) is 3. The Labute approximate surface area is 102 Å². The number of nitrogens with one attached hydrogen (secondary N) is 1. The SMILES string of the molecule is CCNC(c1ccc(C)nc1)c1ccccn1. The summed E-state index contributed by atoms with van der Waals surface area (Å²) >= 11 is 0. The van der Waals surface area contributed by atoms with Crippen molar-refractivity contribution in [2.75, 3.05) is 6.54 Å². The number of nitrogens with zero attached hydrogens (tertiary/aromatic N) is 2. The van der Waals surface area contributed by atoms with E-state index >= 15 is 0 Å². The summed E-state index contributed by atoms with van der Waals surface area (Å²) < 4.78 is 0. The summed E-state index contributed by atoms with van der Waals surface area (Å²) in [5.74, 6) is 0. The fraction of sp³-hybridized carbons (Fsp3) is 0.286. The highest BCUT2D eigenvalue weighted by atomic mass is 14.9. The summed E-state index contributed by atoms with van der Waals surface area (Å²) in [4.78, 5) is 8.75. The number of aromatic nitrogens is 2. The molecule has 0 aliphatic rings. The number of pyridine rings is 2. The van der Waals surface area contributed by atoms with Gasteiger partial charge in [0.2, 0.25) is 0 Å². The molecule has 2 aromatic heterocycles. The van der Waals surface area contributed by atoms with E-state index in [1.807, 2.05) is 43.6 Å². The highest BCUT2D eigenvalue weighted by Crippen LogP contribution is 2.19. The van der Waals surface area contributed by atoms with Crippen LogP contribution in [0.4, 0.5) is 0 Å². The molecule has 0 saturated carbocycles. The molecule has 17 heavy (non-hydrogen) atoms. The second-order valence-electron chi connectivity index (χ2n) is 3.98. The summed E-state index contributed by atoms with van der Waals surface area (Å²) in [5.41, 5.74) is 3.21. The van der Waals surface area contributed by atoms with Gasteiger partial charge in [-0.25, -0.2) is 0 Å². The molecule has 0 aliphatic heterocycles. The zero-order chi connectivity index (χ0) is 12.1. The molecule has 1 atom stereocenters. The maximum atomic E-state index is 4.41. The van der Waals surface area contributed by atoms with Crippen molar-refractivity contribution in [3.8, 4) is 0 Å². The van der Waals surface area contributed by atoms with Crippen molar-refractivity contribution < 1.29 is 0 Å². The van der Waals surface area contributed by atoms with Gasteiger partial charge in [0.15, 0.2) is 0 Å². The minimum atomic E-state index is 0.120. The van der Waals surface area contributed by atoms with Crippen molar-refractivity contribution in [1.29, 1.82) is 0 Å². The van der Waals surface area contributed by atoms with Gasteiger partial charge in [0.1, 0.15) is 0 Å². The van der Waals surface area contributed by atoms with Gasteiger partial charge in [-0.3, -0.25) is 9.97 Å². The van der Waals surface area contributed by atoms with Crippen molar-refractivity contribution in [3.63, 3.8) is 0 Å². The minimum Gasteiger partial charge on any atom is -0.305 e. The number of rotatable bonds is 4. The van der Waals surface area contributed by atoms with Gasteiger partial charge in [0.25, 0.3) is 0 Å². The van der Waals surface area contributed by atoms with Crippen LogP contribution in [0.2, 0.25) is 0 Å². The van der Waals surface area contributed by atoms with Crippen molar-refractivity contribution in [2.45, 2.75) is 19.9 Å². The van der Waals surface area contributed by atoms with Crippen LogP contribution in [0.1, 0.15) is 29.9 Å². The molecule has 0 aliphatic carbocycles. The average Bonchev–Trinajstić information content (AvgIpc) is 2.38. The maximum absolute atomic E-state index is 4.41. The van der Waals surface area contributed by atoms with Crippen LogP contribution in [0.15, 0.2) is 42.7 Å². The van der Waals surface area contributed by atoms with Crippen LogP contribution >= 0.6 is 0 Å². The normalized spacial score (nSPS) is 12.4. The predicted molar refractivity (Wildman–Crippen MR) is 68.7 cm³/mol. The van der Waals surface area contributed by atoms with Gasteiger partial charge < -0.3 is 5.32 Å². The van der Waals surface area contributed by atoms with E-state index in [0.717, 1.165) is 23.5 Å². The Morgan fingerprint density at radius 1 is 1.18 bits per heavy atom. The van der Waals surface area contributed by atoms with Crippen LogP contribution in [0.5, 0.6) is 0 Å². The molecule has 2 aromatic rings. The lowest BCUT2D eigenvalue weighted by molar-refractivity contribution is 0.613. The van der Waals surface area contributed by atoms with E-state index in [1.54, 1.807) is 0 Å². The Hall–Kier alpha value is -1.74. The first-order valence-electron chi connectivity index (χ1n) is 5.88. The van der Waals surface area contributed by atoms with E-state index in [0.29, 0.717) is 0 Å². The molecule has 0 bridgehead atoms. The van der Waals surface area contributed by atoms with E-state index in [9.17, 15) is 0 Å². The van der Waals surface area contributed by atoms with Gasteiger partial charge in [-0.1, -0.05) is 19.1 Å². The first-order chi connectivity index (χ1) is 8.31. The Bertz CT molecular complexity index is 451. The Kier molecular flexibility index (Phi) is 3.83. The largest absolute Gasteiger partial charge is 0.305 e. The molecule has 1 unspecified atom stereocenters. The summed E-state index contributed by atoms with van der Waals surface area (Å²) in [6, 6.07) is 10.2. The van der Waals surface area contributed by atoms with E-state index < -0.39 is 0 Å². The first kappa shape index (κ1) is 11.7. The molecule has 0 saturated heterocycles. The Balaban J connectivity index is 2.32. The molecule has 0 aromatic carbocycles.